The molecule has 0 unspecified atom stereocenters. The molecule has 1 aromatic heterocycles. The van der Waals surface area contributed by atoms with Gasteiger partial charge in [-0.1, -0.05) is 6.07 Å². The maximum atomic E-state index is 5.67. The first-order valence-electron chi connectivity index (χ1n) is 6.53. The van der Waals surface area contributed by atoms with Gasteiger partial charge in [0, 0.05) is 20.2 Å². The van der Waals surface area contributed by atoms with E-state index < -0.39 is 0 Å². The molecule has 1 heterocycles. The van der Waals surface area contributed by atoms with Crippen LogP contribution in [0.2, 0.25) is 0 Å². The maximum Gasteiger partial charge on any atom is 0.212 e. The van der Waals surface area contributed by atoms with Gasteiger partial charge in [0.25, 0.3) is 0 Å². The predicted molar refractivity (Wildman–Crippen MR) is 80.9 cm³/mol. The minimum atomic E-state index is 0.290. The molecule has 114 valence electrons. The second-order valence-electron chi connectivity index (χ2n) is 4.42. The van der Waals surface area contributed by atoms with Gasteiger partial charge in [0.05, 0.1) is 18.1 Å². The number of nitrogens with one attached hydrogen (secondary N) is 1. The van der Waals surface area contributed by atoms with Crippen LogP contribution in [0.15, 0.2) is 22.7 Å². The summed E-state index contributed by atoms with van der Waals surface area (Å²) >= 11 is 3.51. The number of ether oxygens (including phenoxy) is 2. The minimum absolute atomic E-state index is 0.290. The van der Waals surface area contributed by atoms with Crippen molar-refractivity contribution >= 4 is 15.9 Å². The molecule has 0 aliphatic heterocycles. The van der Waals surface area contributed by atoms with Crippen molar-refractivity contribution in [1.82, 2.24) is 25.5 Å². The van der Waals surface area contributed by atoms with Gasteiger partial charge in [-0.25, -0.2) is 0 Å². The molecule has 0 spiro atoms. The normalized spacial score (nSPS) is 10.8. The van der Waals surface area contributed by atoms with E-state index in [0.29, 0.717) is 12.4 Å². The number of nitrogens with zero attached hydrogens (tertiary/aromatic N) is 4. The summed E-state index contributed by atoms with van der Waals surface area (Å²) in [5, 5.41) is 15.0. The lowest BCUT2D eigenvalue weighted by molar-refractivity contribution is 0.199. The first-order chi connectivity index (χ1) is 10.2. The van der Waals surface area contributed by atoms with Gasteiger partial charge in [-0.15, -0.1) is 10.2 Å². The lowest BCUT2D eigenvalue weighted by Crippen LogP contribution is -2.18. The molecule has 1 aromatic carbocycles. The molecule has 2 rings (SSSR count). The summed E-state index contributed by atoms with van der Waals surface area (Å²) in [6, 6.07) is 5.97. The van der Waals surface area contributed by atoms with Crippen molar-refractivity contribution < 1.29 is 9.47 Å². The first kappa shape index (κ1) is 15.9. The monoisotopic (exact) mass is 355 g/mol. The summed E-state index contributed by atoms with van der Waals surface area (Å²) in [6.45, 7) is 2.60. The summed E-state index contributed by atoms with van der Waals surface area (Å²) in [6.07, 6.45) is 0. The Kier molecular flexibility index (Phi) is 6.09. The van der Waals surface area contributed by atoms with Gasteiger partial charge in [-0.3, -0.25) is 0 Å². The molecule has 0 amide bonds. The third-order valence-corrected chi connectivity index (χ3v) is 3.33. The zero-order valence-electron chi connectivity index (χ0n) is 12.0. The van der Waals surface area contributed by atoms with Gasteiger partial charge in [0.1, 0.15) is 5.75 Å². The van der Waals surface area contributed by atoms with E-state index in [0.717, 1.165) is 23.3 Å². The fourth-order valence-electron chi connectivity index (χ4n) is 1.70. The van der Waals surface area contributed by atoms with E-state index in [9.17, 15) is 0 Å². The van der Waals surface area contributed by atoms with E-state index in [-0.39, 0.29) is 6.61 Å². The van der Waals surface area contributed by atoms with Gasteiger partial charge in [0.2, 0.25) is 5.82 Å². The van der Waals surface area contributed by atoms with E-state index >= 15 is 0 Å². The van der Waals surface area contributed by atoms with Crippen molar-refractivity contribution in [2.24, 2.45) is 7.05 Å². The lowest BCUT2D eigenvalue weighted by Gasteiger charge is -2.09. The lowest BCUT2D eigenvalue weighted by atomic mass is 10.2. The SMILES string of the molecule is COCCNCc1ccc(OCc2nnn(C)n2)c(Br)c1. The Hall–Kier alpha value is -1.51. The second kappa shape index (κ2) is 8.06. The van der Waals surface area contributed by atoms with Crippen molar-refractivity contribution in [1.29, 1.82) is 0 Å². The van der Waals surface area contributed by atoms with Crippen LogP contribution in [0, 0.1) is 0 Å². The molecule has 0 fully saturated rings. The van der Waals surface area contributed by atoms with Crippen molar-refractivity contribution in [3.8, 4) is 5.75 Å². The number of halogens is 1. The van der Waals surface area contributed by atoms with Gasteiger partial charge >= 0.3 is 0 Å². The van der Waals surface area contributed by atoms with Crippen LogP contribution in [0.4, 0.5) is 0 Å². The fourth-order valence-corrected chi connectivity index (χ4v) is 2.24. The fraction of sp³-hybridized carbons (Fsp3) is 0.462. The smallest absolute Gasteiger partial charge is 0.212 e. The summed E-state index contributed by atoms with van der Waals surface area (Å²) in [7, 11) is 3.41. The zero-order valence-corrected chi connectivity index (χ0v) is 13.6. The van der Waals surface area contributed by atoms with Crippen LogP contribution in [0.3, 0.4) is 0 Å². The molecule has 0 saturated carbocycles. The Morgan fingerprint density at radius 1 is 1.38 bits per heavy atom. The Balaban J connectivity index is 1.86. The summed E-state index contributed by atoms with van der Waals surface area (Å²) in [4.78, 5) is 1.41. The van der Waals surface area contributed by atoms with Crippen LogP contribution in [-0.2, 0) is 24.9 Å². The van der Waals surface area contributed by atoms with E-state index in [1.165, 1.54) is 10.4 Å². The quantitative estimate of drug-likeness (QED) is 0.719. The number of benzene rings is 1. The molecular formula is C13H18BrN5O2. The summed E-state index contributed by atoms with van der Waals surface area (Å²) < 4.78 is 11.6. The van der Waals surface area contributed by atoms with Gasteiger partial charge in [-0.2, -0.15) is 4.80 Å². The van der Waals surface area contributed by atoms with Crippen LogP contribution >= 0.6 is 15.9 Å². The molecule has 2 aromatic rings. The number of methoxy groups -OCH3 is 1. The second-order valence-corrected chi connectivity index (χ2v) is 5.27. The minimum Gasteiger partial charge on any atom is -0.484 e. The molecule has 0 atom stereocenters. The molecular weight excluding hydrogens is 338 g/mol. The number of aromatic nitrogens is 4. The predicted octanol–water partition coefficient (Wildman–Crippen LogP) is 1.29. The number of aryl methyl sites for hydroxylation is 1. The van der Waals surface area contributed by atoms with E-state index in [2.05, 4.69) is 36.7 Å². The highest BCUT2D eigenvalue weighted by atomic mass is 79.9. The average molecular weight is 356 g/mol. The Morgan fingerprint density at radius 2 is 2.24 bits per heavy atom. The summed E-state index contributed by atoms with van der Waals surface area (Å²) in [5.74, 6) is 1.30. The van der Waals surface area contributed by atoms with Gasteiger partial charge < -0.3 is 14.8 Å². The topological polar surface area (TPSA) is 74.1 Å². The molecule has 8 heteroatoms. The van der Waals surface area contributed by atoms with Crippen LogP contribution in [0.1, 0.15) is 11.4 Å². The highest BCUT2D eigenvalue weighted by Crippen LogP contribution is 2.26. The highest BCUT2D eigenvalue weighted by molar-refractivity contribution is 9.10. The van der Waals surface area contributed by atoms with Crippen molar-refractivity contribution in [3.63, 3.8) is 0 Å². The van der Waals surface area contributed by atoms with Crippen LogP contribution in [-0.4, -0.2) is 40.5 Å². The van der Waals surface area contributed by atoms with Crippen molar-refractivity contribution in [2.75, 3.05) is 20.3 Å². The average Bonchev–Trinajstić information content (AvgIpc) is 2.88. The van der Waals surface area contributed by atoms with Gasteiger partial charge in [-0.05, 0) is 38.8 Å². The Morgan fingerprint density at radius 3 is 2.90 bits per heavy atom. The highest BCUT2D eigenvalue weighted by Gasteiger charge is 2.06. The summed E-state index contributed by atoms with van der Waals surface area (Å²) in [5.41, 5.74) is 1.17. The van der Waals surface area contributed by atoms with Crippen LogP contribution in [0.25, 0.3) is 0 Å². The van der Waals surface area contributed by atoms with E-state index in [4.69, 9.17) is 9.47 Å². The molecule has 0 aliphatic carbocycles. The molecule has 7 nitrogen and oxygen atoms in total. The molecule has 1 N–H and O–H groups in total. The number of hydrogen-bond acceptors (Lipinski definition) is 6. The van der Waals surface area contributed by atoms with Crippen LogP contribution < -0.4 is 10.1 Å². The molecule has 0 radical (unpaired) electrons. The third kappa shape index (κ3) is 5.07. The number of rotatable bonds is 8. The number of hydrogen-bond donors (Lipinski definition) is 1. The molecule has 0 saturated heterocycles. The first-order valence-corrected chi connectivity index (χ1v) is 7.32. The van der Waals surface area contributed by atoms with Crippen LogP contribution in [0.5, 0.6) is 5.75 Å². The van der Waals surface area contributed by atoms with Crippen molar-refractivity contribution in [2.45, 2.75) is 13.2 Å². The maximum absolute atomic E-state index is 5.67. The van der Waals surface area contributed by atoms with E-state index in [1.54, 1.807) is 14.2 Å². The molecule has 21 heavy (non-hydrogen) atoms. The third-order valence-electron chi connectivity index (χ3n) is 2.71. The van der Waals surface area contributed by atoms with E-state index in [1.807, 2.05) is 18.2 Å². The number of tetrazole rings is 1. The Labute approximate surface area is 131 Å². The van der Waals surface area contributed by atoms with Crippen molar-refractivity contribution in [3.05, 3.63) is 34.1 Å². The Bertz CT molecular complexity index is 575. The van der Waals surface area contributed by atoms with Gasteiger partial charge in [0.15, 0.2) is 6.61 Å². The zero-order chi connectivity index (χ0) is 15.1. The largest absolute Gasteiger partial charge is 0.484 e. The molecule has 0 aliphatic rings. The molecule has 0 bridgehead atoms. The standard InChI is InChI=1S/C13H18BrN5O2/c1-19-17-13(16-18-19)9-21-12-4-3-10(7-11(12)14)8-15-5-6-20-2/h3-4,7,15H,5-6,8-9H2,1-2H3.